The first-order valence-electron chi connectivity index (χ1n) is 6.62. The predicted octanol–water partition coefficient (Wildman–Crippen LogP) is 2.83. The van der Waals surface area contributed by atoms with Crippen LogP contribution in [0.2, 0.25) is 0 Å². The molecule has 0 radical (unpaired) electrons. The molecule has 0 aliphatic rings. The van der Waals surface area contributed by atoms with E-state index in [9.17, 15) is 0 Å². The van der Waals surface area contributed by atoms with Crippen molar-refractivity contribution >= 4 is 11.3 Å². The summed E-state index contributed by atoms with van der Waals surface area (Å²) >= 11 is 1.70. The fraction of sp³-hybridized carbons (Fsp3) is 0.500. The standard InChI is InChI=1S/C14H20N4S/c1-4-5-15-12(6-13-18-11(3)9-19-13)14-16-7-10(2)8-17-14/h7-9,12,15H,4-6H2,1-3H3. The number of aromatic nitrogens is 3. The van der Waals surface area contributed by atoms with Crippen LogP contribution in [0, 0.1) is 13.8 Å². The normalized spacial score (nSPS) is 12.6. The highest BCUT2D eigenvalue weighted by Crippen LogP contribution is 2.18. The van der Waals surface area contributed by atoms with Gasteiger partial charge in [0.15, 0.2) is 0 Å². The molecular weight excluding hydrogens is 256 g/mol. The van der Waals surface area contributed by atoms with Gasteiger partial charge in [-0.2, -0.15) is 0 Å². The first kappa shape index (κ1) is 14.1. The highest BCUT2D eigenvalue weighted by Gasteiger charge is 2.16. The quantitative estimate of drug-likeness (QED) is 0.881. The van der Waals surface area contributed by atoms with Gasteiger partial charge in [0.1, 0.15) is 5.82 Å². The summed E-state index contributed by atoms with van der Waals surface area (Å²) in [5.74, 6) is 0.854. The molecule has 0 saturated heterocycles. The summed E-state index contributed by atoms with van der Waals surface area (Å²) in [6, 6.07) is 0.145. The lowest BCUT2D eigenvalue weighted by atomic mass is 10.2. The molecule has 0 saturated carbocycles. The number of thiazole rings is 1. The molecule has 2 rings (SSSR count). The van der Waals surface area contributed by atoms with Crippen LogP contribution in [0.5, 0.6) is 0 Å². The van der Waals surface area contributed by atoms with Gasteiger partial charge in [0.25, 0.3) is 0 Å². The van der Waals surface area contributed by atoms with Crippen molar-refractivity contribution in [1.29, 1.82) is 0 Å². The molecule has 0 bridgehead atoms. The lowest BCUT2D eigenvalue weighted by Gasteiger charge is -2.15. The number of aryl methyl sites for hydroxylation is 2. The second-order valence-electron chi connectivity index (χ2n) is 4.71. The fourth-order valence-corrected chi connectivity index (χ4v) is 2.65. The van der Waals surface area contributed by atoms with Crippen molar-refractivity contribution in [3.63, 3.8) is 0 Å². The molecule has 2 aromatic heterocycles. The number of rotatable bonds is 6. The fourth-order valence-electron chi connectivity index (χ4n) is 1.83. The second-order valence-corrected chi connectivity index (χ2v) is 5.65. The molecule has 0 spiro atoms. The van der Waals surface area contributed by atoms with Crippen molar-refractivity contribution in [3.05, 3.63) is 39.9 Å². The lowest BCUT2D eigenvalue weighted by molar-refractivity contribution is 0.503. The van der Waals surface area contributed by atoms with Gasteiger partial charge in [0.2, 0.25) is 0 Å². The predicted molar refractivity (Wildman–Crippen MR) is 78.4 cm³/mol. The third-order valence-corrected chi connectivity index (χ3v) is 3.79. The summed E-state index contributed by atoms with van der Waals surface area (Å²) < 4.78 is 0. The second kappa shape index (κ2) is 6.73. The Bertz CT molecular complexity index is 506. The molecule has 1 unspecified atom stereocenters. The van der Waals surface area contributed by atoms with Gasteiger partial charge in [-0.15, -0.1) is 11.3 Å². The molecular formula is C14H20N4S. The van der Waals surface area contributed by atoms with Gasteiger partial charge in [0, 0.05) is 29.9 Å². The maximum absolute atomic E-state index is 4.52. The zero-order valence-corrected chi connectivity index (χ0v) is 12.5. The molecule has 4 nitrogen and oxygen atoms in total. The van der Waals surface area contributed by atoms with Gasteiger partial charge in [-0.1, -0.05) is 6.92 Å². The monoisotopic (exact) mass is 276 g/mol. The molecule has 0 aliphatic carbocycles. The molecule has 0 fully saturated rings. The summed E-state index contributed by atoms with van der Waals surface area (Å²) in [5, 5.41) is 6.72. The number of hydrogen-bond donors (Lipinski definition) is 1. The summed E-state index contributed by atoms with van der Waals surface area (Å²) in [4.78, 5) is 13.4. The van der Waals surface area contributed by atoms with Gasteiger partial charge in [-0.3, -0.25) is 0 Å². The van der Waals surface area contributed by atoms with Crippen LogP contribution >= 0.6 is 11.3 Å². The highest BCUT2D eigenvalue weighted by atomic mass is 32.1. The Labute approximate surface area is 118 Å². The lowest BCUT2D eigenvalue weighted by Crippen LogP contribution is -2.26. The molecule has 0 aromatic carbocycles. The average Bonchev–Trinajstić information content (AvgIpc) is 2.81. The van der Waals surface area contributed by atoms with E-state index in [-0.39, 0.29) is 6.04 Å². The minimum atomic E-state index is 0.145. The molecule has 5 heteroatoms. The first-order valence-corrected chi connectivity index (χ1v) is 7.50. The molecule has 1 N–H and O–H groups in total. The van der Waals surface area contributed by atoms with E-state index in [0.29, 0.717) is 0 Å². The van der Waals surface area contributed by atoms with Gasteiger partial charge in [-0.05, 0) is 32.4 Å². The summed E-state index contributed by atoms with van der Waals surface area (Å²) in [6.07, 6.45) is 5.69. The summed E-state index contributed by atoms with van der Waals surface area (Å²) in [7, 11) is 0. The average molecular weight is 276 g/mol. The Morgan fingerprint density at radius 3 is 2.58 bits per heavy atom. The van der Waals surface area contributed by atoms with E-state index in [2.05, 4.69) is 32.6 Å². The Morgan fingerprint density at radius 1 is 1.26 bits per heavy atom. The Hall–Kier alpha value is -1.33. The van der Waals surface area contributed by atoms with Crippen LogP contribution in [-0.2, 0) is 6.42 Å². The third-order valence-electron chi connectivity index (χ3n) is 2.80. The maximum atomic E-state index is 4.52. The topological polar surface area (TPSA) is 50.7 Å². The maximum Gasteiger partial charge on any atom is 0.145 e. The smallest absolute Gasteiger partial charge is 0.145 e. The van der Waals surface area contributed by atoms with E-state index in [0.717, 1.165) is 41.5 Å². The van der Waals surface area contributed by atoms with Crippen molar-refractivity contribution in [2.24, 2.45) is 0 Å². The SMILES string of the molecule is CCCNC(Cc1nc(C)cs1)c1ncc(C)cn1. The summed E-state index contributed by atoms with van der Waals surface area (Å²) in [6.45, 7) is 7.15. The molecule has 1 atom stereocenters. The van der Waals surface area contributed by atoms with E-state index in [1.54, 1.807) is 11.3 Å². The van der Waals surface area contributed by atoms with Crippen molar-refractivity contribution in [1.82, 2.24) is 20.3 Å². The number of nitrogens with one attached hydrogen (secondary N) is 1. The molecule has 0 aliphatic heterocycles. The van der Waals surface area contributed by atoms with Gasteiger partial charge in [0.05, 0.1) is 11.0 Å². The molecule has 19 heavy (non-hydrogen) atoms. The zero-order valence-electron chi connectivity index (χ0n) is 11.7. The van der Waals surface area contributed by atoms with Crippen molar-refractivity contribution in [2.45, 2.75) is 39.7 Å². The van der Waals surface area contributed by atoms with Crippen LogP contribution in [0.4, 0.5) is 0 Å². The number of hydrogen-bond acceptors (Lipinski definition) is 5. The van der Waals surface area contributed by atoms with Gasteiger partial charge >= 0.3 is 0 Å². The van der Waals surface area contributed by atoms with E-state index < -0.39 is 0 Å². The Balaban J connectivity index is 2.13. The van der Waals surface area contributed by atoms with Crippen LogP contribution < -0.4 is 5.32 Å². The van der Waals surface area contributed by atoms with Crippen LogP contribution in [-0.4, -0.2) is 21.5 Å². The Morgan fingerprint density at radius 2 is 2.00 bits per heavy atom. The molecule has 102 valence electrons. The van der Waals surface area contributed by atoms with E-state index in [1.807, 2.05) is 26.2 Å². The van der Waals surface area contributed by atoms with E-state index in [1.165, 1.54) is 0 Å². The van der Waals surface area contributed by atoms with E-state index in [4.69, 9.17) is 0 Å². The first-order chi connectivity index (χ1) is 9.19. The third kappa shape index (κ3) is 4.08. The Kier molecular flexibility index (Phi) is 4.99. The van der Waals surface area contributed by atoms with Gasteiger partial charge in [-0.25, -0.2) is 15.0 Å². The largest absolute Gasteiger partial charge is 0.307 e. The summed E-state index contributed by atoms with van der Waals surface area (Å²) in [5.41, 5.74) is 2.17. The molecule has 0 amide bonds. The van der Waals surface area contributed by atoms with E-state index >= 15 is 0 Å². The van der Waals surface area contributed by atoms with Crippen molar-refractivity contribution in [2.75, 3.05) is 6.54 Å². The van der Waals surface area contributed by atoms with Crippen molar-refractivity contribution < 1.29 is 0 Å². The molecule has 2 aromatic rings. The van der Waals surface area contributed by atoms with Crippen LogP contribution in [0.25, 0.3) is 0 Å². The zero-order chi connectivity index (χ0) is 13.7. The van der Waals surface area contributed by atoms with Crippen LogP contribution in [0.1, 0.15) is 41.5 Å². The highest BCUT2D eigenvalue weighted by molar-refractivity contribution is 7.09. The van der Waals surface area contributed by atoms with Crippen LogP contribution in [0.15, 0.2) is 17.8 Å². The minimum Gasteiger partial charge on any atom is -0.307 e. The minimum absolute atomic E-state index is 0.145. The molecule has 2 heterocycles. The number of nitrogens with zero attached hydrogens (tertiary/aromatic N) is 3. The van der Waals surface area contributed by atoms with Crippen molar-refractivity contribution in [3.8, 4) is 0 Å². The van der Waals surface area contributed by atoms with Gasteiger partial charge < -0.3 is 5.32 Å². The van der Waals surface area contributed by atoms with Crippen LogP contribution in [0.3, 0.4) is 0 Å².